The highest BCUT2D eigenvalue weighted by atomic mass is 31.2. The molecule has 83 heavy (non-hydrogen) atoms. The minimum Gasteiger partial charge on any atom is -0.370 e. The Morgan fingerprint density at radius 1 is 0.880 bits per heavy atom. The summed E-state index contributed by atoms with van der Waals surface area (Å²) in [6.45, 7) is 1.09. The molecule has 25 heteroatoms. The highest BCUT2D eigenvalue weighted by molar-refractivity contribution is 7.52. The van der Waals surface area contributed by atoms with E-state index < -0.39 is 96.4 Å². The molecule has 0 aliphatic carbocycles. The molecule has 5 heterocycles. The molecule has 442 valence electrons. The van der Waals surface area contributed by atoms with Crippen LogP contribution in [-0.4, -0.2) is 140 Å². The Morgan fingerprint density at radius 3 is 2.34 bits per heavy atom. The number of aromatic nitrogens is 1. The largest absolute Gasteiger partial charge is 0.399 e. The van der Waals surface area contributed by atoms with Gasteiger partial charge in [-0.2, -0.15) is 8.78 Å². The summed E-state index contributed by atoms with van der Waals surface area (Å²) in [5.74, 6) is 1.34. The molecule has 8 rings (SSSR count). The average Bonchev–Trinajstić information content (AvgIpc) is 3.53. The lowest BCUT2D eigenvalue weighted by atomic mass is 10.0. The highest BCUT2D eigenvalue weighted by Crippen LogP contribution is 2.59. The Hall–Kier alpha value is -7.84. The lowest BCUT2D eigenvalue weighted by Gasteiger charge is -2.38. The van der Waals surface area contributed by atoms with E-state index in [9.17, 15) is 66.3 Å². The van der Waals surface area contributed by atoms with Crippen LogP contribution in [0.1, 0.15) is 145 Å². The van der Waals surface area contributed by atoms with Crippen LogP contribution in [0, 0.1) is 11.8 Å². The van der Waals surface area contributed by atoms with Gasteiger partial charge in [0.1, 0.15) is 30.2 Å². The number of piperidine rings is 1. The number of rotatable bonds is 23. The Morgan fingerprint density at radius 2 is 1.61 bits per heavy atom. The van der Waals surface area contributed by atoms with Gasteiger partial charge < -0.3 is 56.5 Å². The lowest BCUT2D eigenvalue weighted by molar-refractivity contribution is -0.144. The van der Waals surface area contributed by atoms with E-state index in [-0.39, 0.29) is 73.5 Å². The number of alkyl halides is 2. The molecule has 22 nitrogen and oxygen atoms in total. The van der Waals surface area contributed by atoms with Crippen LogP contribution in [0.2, 0.25) is 0 Å². The van der Waals surface area contributed by atoms with Gasteiger partial charge in [-0.05, 0) is 87.9 Å². The van der Waals surface area contributed by atoms with Crippen molar-refractivity contribution in [2.45, 2.75) is 145 Å². The van der Waals surface area contributed by atoms with E-state index >= 15 is 0 Å². The van der Waals surface area contributed by atoms with Crippen LogP contribution in [0.15, 0.2) is 72.9 Å². The maximum atomic E-state index is 14.5. The standard InChI is InChI=1S/C58H69F2N10O12P/c1-68-30-28-38-21-24-47(70(38)57(79)45(34-68)65-51(73)41-32-63-44-31-37(20-22-39(41)44)58(59,60)83(80,81)82)54(76)64-43(23-26-48(61)71)52(74)67-50(36-16-11-9-12-17-36)55(77)62-29-13-8-6-4-2-3-5-7-10-15-35-18-14-19-40-42(35)33-69(56(40)78)46-25-27-49(72)66-53(46)75/h9,11-12,14,16-20,22,31-32,38,43,45-47,50,63H,2-8,13,21,23-30,33-34H2,1H3,(H2,61,71)(H,62,77)(H,64,76)(H,65,73)(H,67,74)(H,66,72,75)(H2,80,81,82)/t38-,43?,45+,46?,47+,50?/m1/s1. The van der Waals surface area contributed by atoms with Crippen molar-refractivity contribution in [1.82, 2.24) is 46.3 Å². The van der Waals surface area contributed by atoms with E-state index in [2.05, 4.69) is 43.4 Å². The van der Waals surface area contributed by atoms with E-state index in [0.29, 0.717) is 49.9 Å². The first kappa shape index (κ1) is 61.2. The summed E-state index contributed by atoms with van der Waals surface area (Å²) in [7, 11) is -4.12. The number of benzene rings is 3. The number of nitrogens with two attached hydrogens (primary N) is 1. The topological polar surface area (TPSA) is 323 Å². The van der Waals surface area contributed by atoms with Gasteiger partial charge in [0.25, 0.3) is 11.8 Å². The quantitative estimate of drug-likeness (QED) is 0.0221. The number of likely N-dealkylation sites (N-methyl/N-ethyl adjacent to an activating group) is 1. The number of carbonyl (C=O) groups excluding carboxylic acids is 9. The Kier molecular flexibility index (Phi) is 19.9. The van der Waals surface area contributed by atoms with Crippen molar-refractivity contribution in [1.29, 1.82) is 0 Å². The zero-order valence-electron chi connectivity index (χ0n) is 45.9. The minimum absolute atomic E-state index is 0.0183. The molecule has 3 saturated heterocycles. The first-order chi connectivity index (χ1) is 39.6. The first-order valence-corrected chi connectivity index (χ1v) is 29.6. The number of amides is 9. The molecular weight excluding hydrogens is 1100 g/mol. The fourth-order valence-corrected chi connectivity index (χ4v) is 11.7. The summed E-state index contributed by atoms with van der Waals surface area (Å²) in [6.07, 6.45) is 9.19. The molecule has 0 spiro atoms. The number of nitrogens with one attached hydrogen (secondary N) is 6. The van der Waals surface area contributed by atoms with Gasteiger partial charge in [0.15, 0.2) is 0 Å². The molecule has 4 aliphatic heterocycles. The van der Waals surface area contributed by atoms with E-state index in [4.69, 9.17) is 5.73 Å². The molecule has 1 aromatic heterocycles. The molecular formula is C58H69F2N10O12P. The zero-order valence-corrected chi connectivity index (χ0v) is 46.8. The van der Waals surface area contributed by atoms with Crippen molar-refractivity contribution >= 4 is 71.7 Å². The van der Waals surface area contributed by atoms with Crippen molar-refractivity contribution in [2.75, 3.05) is 26.7 Å². The second-order valence-corrected chi connectivity index (χ2v) is 23.2. The highest BCUT2D eigenvalue weighted by Gasteiger charge is 2.51. The van der Waals surface area contributed by atoms with Crippen molar-refractivity contribution in [2.24, 2.45) is 5.73 Å². The molecule has 0 radical (unpaired) electrons. The number of halogens is 2. The van der Waals surface area contributed by atoms with Gasteiger partial charge in [-0.15, -0.1) is 0 Å². The third-order valence-corrected chi connectivity index (χ3v) is 16.7. The van der Waals surface area contributed by atoms with Crippen LogP contribution in [-0.2, 0) is 50.3 Å². The van der Waals surface area contributed by atoms with Crippen LogP contribution < -0.4 is 32.3 Å². The molecule has 0 bridgehead atoms. The van der Waals surface area contributed by atoms with E-state index in [1.807, 2.05) is 11.0 Å². The number of imide groups is 1. The van der Waals surface area contributed by atoms with Gasteiger partial charge in [-0.1, -0.05) is 92.5 Å². The van der Waals surface area contributed by atoms with Gasteiger partial charge in [-0.3, -0.25) is 53.0 Å². The summed E-state index contributed by atoms with van der Waals surface area (Å²) in [5, 5.41) is 13.6. The molecule has 4 aliphatic rings. The smallest absolute Gasteiger partial charge is 0.370 e. The third kappa shape index (κ3) is 14.7. The number of unbranched alkanes of at least 4 members (excludes halogenated alkanes) is 7. The number of nitrogens with zero attached hydrogens (tertiary/aromatic N) is 3. The number of H-pyrrole nitrogens is 1. The van der Waals surface area contributed by atoms with E-state index in [1.54, 1.807) is 49.5 Å². The molecule has 0 saturated carbocycles. The Bertz CT molecular complexity index is 3250. The van der Waals surface area contributed by atoms with Crippen LogP contribution in [0.25, 0.3) is 10.9 Å². The van der Waals surface area contributed by atoms with Crippen molar-refractivity contribution in [3.8, 4) is 11.8 Å². The lowest BCUT2D eigenvalue weighted by Crippen LogP contribution is -2.61. The maximum absolute atomic E-state index is 14.5. The minimum atomic E-state index is -5.88. The number of carbonyl (C=O) groups is 9. The van der Waals surface area contributed by atoms with Gasteiger partial charge in [0.2, 0.25) is 41.4 Å². The number of aromatic amines is 1. The van der Waals surface area contributed by atoms with Gasteiger partial charge in [0, 0.05) is 78.7 Å². The molecule has 6 atom stereocenters. The first-order valence-electron chi connectivity index (χ1n) is 28.0. The van der Waals surface area contributed by atoms with Gasteiger partial charge in [-0.25, -0.2) is 0 Å². The second-order valence-electron chi connectivity index (χ2n) is 21.6. The van der Waals surface area contributed by atoms with Crippen molar-refractivity contribution in [3.05, 3.63) is 106 Å². The van der Waals surface area contributed by atoms with Crippen LogP contribution in [0.3, 0.4) is 0 Å². The molecule has 10 N–H and O–H groups in total. The fraction of sp³-hybridized carbons (Fsp3) is 0.466. The summed E-state index contributed by atoms with van der Waals surface area (Å²) in [5.41, 5.74) is 2.51. The number of fused-ring (bicyclic) bond motifs is 3. The third-order valence-electron chi connectivity index (χ3n) is 15.7. The fourth-order valence-electron chi connectivity index (χ4n) is 11.2. The monoisotopic (exact) mass is 1170 g/mol. The second kappa shape index (κ2) is 27.0. The van der Waals surface area contributed by atoms with E-state index in [0.717, 1.165) is 67.9 Å². The van der Waals surface area contributed by atoms with Crippen LogP contribution >= 0.6 is 7.60 Å². The average molecular weight is 1170 g/mol. The number of primary amides is 1. The van der Waals surface area contributed by atoms with Crippen molar-refractivity contribution in [3.63, 3.8) is 0 Å². The SMILES string of the molecule is CN1CC[C@H]2CC[C@@H](C(=O)NC(CCC(N)=O)C(=O)NC(C(=O)NCCCCCCCCCC#Cc3cccc4c3CN(C3CCC(=O)NC3=O)C4=O)c3ccccc3)N2C(=O)[C@@H](NC(=O)c2c[nH]c3cc(C(F)(F)P(=O)(O)O)ccc23)C1. The summed E-state index contributed by atoms with van der Waals surface area (Å²) < 4.78 is 40.6. The number of hydrogen-bond acceptors (Lipinski definition) is 11. The summed E-state index contributed by atoms with van der Waals surface area (Å²) in [4.78, 5) is 146. The molecule has 3 unspecified atom stereocenters. The normalized spacial score (nSPS) is 20.0. The van der Waals surface area contributed by atoms with Crippen LogP contribution in [0.5, 0.6) is 0 Å². The summed E-state index contributed by atoms with van der Waals surface area (Å²) in [6, 6.07) is 10.6. The zero-order chi connectivity index (χ0) is 59.6. The van der Waals surface area contributed by atoms with Crippen molar-refractivity contribution < 1.29 is 66.3 Å². The molecule has 3 aromatic carbocycles. The van der Waals surface area contributed by atoms with Gasteiger partial charge >= 0.3 is 13.3 Å². The number of hydrogen-bond donors (Lipinski definition) is 9. The Labute approximate surface area is 477 Å². The predicted molar refractivity (Wildman–Crippen MR) is 298 cm³/mol. The maximum Gasteiger partial charge on any atom is 0.399 e. The van der Waals surface area contributed by atoms with E-state index in [1.165, 1.54) is 16.0 Å². The Balaban J connectivity index is 0.815. The van der Waals surface area contributed by atoms with Crippen LogP contribution in [0.4, 0.5) is 8.78 Å². The van der Waals surface area contributed by atoms with Gasteiger partial charge in [0.05, 0.1) is 5.56 Å². The summed E-state index contributed by atoms with van der Waals surface area (Å²) >= 11 is 0. The molecule has 4 aromatic rings. The molecule has 9 amide bonds. The predicted octanol–water partition coefficient (Wildman–Crippen LogP) is 3.85. The molecule has 3 fully saturated rings.